The molecular formula is C4H3Cl2N3+. The van der Waals surface area contributed by atoms with Gasteiger partial charge in [-0.25, -0.2) is 0 Å². The maximum Gasteiger partial charge on any atom is 0.420 e. The standard InChI is InChI=1S/C4H3Cl2N3/c5-9(6)4-7-2-1-3-8-4/h1-3H/q+1. The molecule has 1 radical (unpaired) electrons. The third kappa shape index (κ3) is 1.78. The Labute approximate surface area is 62.5 Å². The van der Waals surface area contributed by atoms with E-state index in [2.05, 4.69) is 9.97 Å². The molecule has 1 aromatic rings. The second kappa shape index (κ2) is 2.96. The molecule has 0 aliphatic carbocycles. The van der Waals surface area contributed by atoms with Crippen LogP contribution in [0.1, 0.15) is 0 Å². The van der Waals surface area contributed by atoms with Crippen LogP contribution in [-0.2, 0) is 0 Å². The zero-order valence-corrected chi connectivity index (χ0v) is 5.84. The Morgan fingerprint density at radius 1 is 1.22 bits per heavy atom. The average Bonchev–Trinajstić information content (AvgIpc) is 1.90. The summed E-state index contributed by atoms with van der Waals surface area (Å²) in [5, 5.41) is 0. The molecule has 0 fully saturated rings. The molecule has 0 unspecified atom stereocenters. The van der Waals surface area contributed by atoms with Crippen molar-refractivity contribution in [3.05, 3.63) is 18.5 Å². The molecule has 0 atom stereocenters. The zero-order chi connectivity index (χ0) is 6.69. The average molecular weight is 164 g/mol. The van der Waals surface area contributed by atoms with Crippen LogP contribution in [0.5, 0.6) is 0 Å². The van der Waals surface area contributed by atoms with E-state index < -0.39 is 0 Å². The van der Waals surface area contributed by atoms with Crippen molar-refractivity contribution in [3.8, 4) is 0 Å². The molecule has 0 spiro atoms. The van der Waals surface area contributed by atoms with E-state index in [0.717, 1.165) is 3.94 Å². The number of nitrogens with zero attached hydrogens (tertiary/aromatic N) is 3. The van der Waals surface area contributed by atoms with Crippen LogP contribution in [0.25, 0.3) is 0 Å². The van der Waals surface area contributed by atoms with Crippen LogP contribution in [0.2, 0.25) is 0 Å². The van der Waals surface area contributed by atoms with Gasteiger partial charge in [0.25, 0.3) is 23.6 Å². The molecule has 0 amide bonds. The van der Waals surface area contributed by atoms with Gasteiger partial charge >= 0.3 is 5.95 Å². The van der Waals surface area contributed by atoms with Crippen molar-refractivity contribution in [3.63, 3.8) is 0 Å². The molecule has 0 aliphatic heterocycles. The number of aromatic nitrogens is 2. The van der Waals surface area contributed by atoms with Crippen molar-refractivity contribution >= 4 is 29.5 Å². The number of anilines is 1. The molecule has 0 saturated heterocycles. The molecule has 3 nitrogen and oxygen atoms in total. The Morgan fingerprint density at radius 3 is 2.11 bits per heavy atom. The van der Waals surface area contributed by atoms with E-state index in [-0.39, 0.29) is 5.95 Å². The summed E-state index contributed by atoms with van der Waals surface area (Å²) in [5.74, 6) is 0.279. The Balaban J connectivity index is 2.85. The van der Waals surface area contributed by atoms with E-state index in [4.69, 9.17) is 23.6 Å². The predicted octanol–water partition coefficient (Wildman–Crippen LogP) is 1.56. The van der Waals surface area contributed by atoms with Crippen LogP contribution in [-0.4, -0.2) is 9.97 Å². The Bertz CT molecular complexity index is 176. The zero-order valence-electron chi connectivity index (χ0n) is 4.33. The SMILES string of the molecule is Cl[N+](Cl)c1ncccn1. The number of hydrogen-bond acceptors (Lipinski definition) is 3. The molecule has 0 saturated carbocycles. The summed E-state index contributed by atoms with van der Waals surface area (Å²) < 4.78 is 0.806. The predicted molar refractivity (Wildman–Crippen MR) is 35.5 cm³/mol. The first-order chi connectivity index (χ1) is 4.30. The van der Waals surface area contributed by atoms with E-state index in [9.17, 15) is 0 Å². The van der Waals surface area contributed by atoms with Gasteiger partial charge in [-0.2, -0.15) is 9.97 Å². The minimum absolute atomic E-state index is 0.279. The maximum atomic E-state index is 5.28. The van der Waals surface area contributed by atoms with Gasteiger partial charge in [0.15, 0.2) is 0 Å². The number of hydrogen-bond donors (Lipinski definition) is 0. The molecule has 1 aromatic heterocycles. The molecular weight excluding hydrogens is 161 g/mol. The third-order valence-corrected chi connectivity index (χ3v) is 1.01. The van der Waals surface area contributed by atoms with Gasteiger partial charge in [0.2, 0.25) is 0 Å². The van der Waals surface area contributed by atoms with Gasteiger partial charge in [0.1, 0.15) is 3.94 Å². The number of halogens is 2. The summed E-state index contributed by atoms with van der Waals surface area (Å²) in [5.41, 5.74) is 0. The molecule has 0 aromatic carbocycles. The van der Waals surface area contributed by atoms with Crippen LogP contribution in [0, 0.1) is 0 Å². The van der Waals surface area contributed by atoms with Crippen molar-refractivity contribution < 1.29 is 0 Å². The summed E-state index contributed by atoms with van der Waals surface area (Å²) in [4.78, 5) is 7.46. The minimum atomic E-state index is 0.279. The maximum absolute atomic E-state index is 5.28. The van der Waals surface area contributed by atoms with Crippen molar-refractivity contribution in [1.29, 1.82) is 0 Å². The van der Waals surface area contributed by atoms with Gasteiger partial charge in [-0.1, -0.05) is 0 Å². The third-order valence-electron chi connectivity index (χ3n) is 0.703. The lowest BCUT2D eigenvalue weighted by Gasteiger charge is -1.83. The van der Waals surface area contributed by atoms with E-state index in [0.29, 0.717) is 0 Å². The summed E-state index contributed by atoms with van der Waals surface area (Å²) in [6.45, 7) is 0. The largest absolute Gasteiger partial charge is 0.420 e. The van der Waals surface area contributed by atoms with Gasteiger partial charge in [-0.15, -0.1) is 0 Å². The summed E-state index contributed by atoms with van der Waals surface area (Å²) in [7, 11) is 0. The highest BCUT2D eigenvalue weighted by Crippen LogP contribution is 2.08. The Hall–Kier alpha value is -0.380. The van der Waals surface area contributed by atoms with Crippen LogP contribution in [0.3, 0.4) is 0 Å². The van der Waals surface area contributed by atoms with Crippen molar-refractivity contribution in [1.82, 2.24) is 13.9 Å². The first-order valence-corrected chi connectivity index (χ1v) is 2.87. The summed E-state index contributed by atoms with van der Waals surface area (Å²) in [6, 6.07) is 1.68. The molecule has 9 heavy (non-hydrogen) atoms. The van der Waals surface area contributed by atoms with Gasteiger partial charge in [0.05, 0.1) is 0 Å². The molecule has 0 N–H and O–H groups in total. The monoisotopic (exact) mass is 163 g/mol. The van der Waals surface area contributed by atoms with Crippen LogP contribution in [0.4, 0.5) is 5.95 Å². The van der Waals surface area contributed by atoms with Gasteiger partial charge in [-0.3, -0.25) is 0 Å². The van der Waals surface area contributed by atoms with Gasteiger partial charge in [-0.05, 0) is 6.07 Å². The molecule has 1 heterocycles. The summed E-state index contributed by atoms with van der Waals surface area (Å²) >= 11 is 10.6. The van der Waals surface area contributed by atoms with Crippen LogP contribution < -0.4 is 3.94 Å². The second-order valence-electron chi connectivity index (χ2n) is 1.28. The molecule has 0 aliphatic rings. The molecule has 1 rings (SSSR count). The number of rotatable bonds is 1. The minimum Gasteiger partial charge on any atom is -0.178 e. The highest BCUT2D eigenvalue weighted by molar-refractivity contribution is 6.39. The molecule has 0 bridgehead atoms. The fourth-order valence-electron chi connectivity index (χ4n) is 0.379. The van der Waals surface area contributed by atoms with Crippen LogP contribution in [0.15, 0.2) is 18.5 Å². The fourth-order valence-corrected chi connectivity index (χ4v) is 0.553. The second-order valence-corrected chi connectivity index (χ2v) is 2.13. The fraction of sp³-hybridized carbons (Fsp3) is 0. The van der Waals surface area contributed by atoms with Crippen LogP contribution >= 0.6 is 23.6 Å². The van der Waals surface area contributed by atoms with Gasteiger partial charge in [0, 0.05) is 12.4 Å². The smallest absolute Gasteiger partial charge is 0.178 e. The lowest BCUT2D eigenvalue weighted by molar-refractivity contribution is 1.01. The highest BCUT2D eigenvalue weighted by atomic mass is 35.5. The van der Waals surface area contributed by atoms with Gasteiger partial charge < -0.3 is 0 Å². The van der Waals surface area contributed by atoms with Crippen molar-refractivity contribution in [2.75, 3.05) is 0 Å². The molecule has 47 valence electrons. The first-order valence-electron chi connectivity index (χ1n) is 2.19. The lowest BCUT2D eigenvalue weighted by Crippen LogP contribution is -1.98. The van der Waals surface area contributed by atoms with Crippen molar-refractivity contribution in [2.45, 2.75) is 0 Å². The normalized spacial score (nSPS) is 10.1. The highest BCUT2D eigenvalue weighted by Gasteiger charge is 2.16. The van der Waals surface area contributed by atoms with E-state index in [1.807, 2.05) is 0 Å². The van der Waals surface area contributed by atoms with Crippen molar-refractivity contribution in [2.24, 2.45) is 0 Å². The quantitative estimate of drug-likeness (QED) is 0.589. The summed E-state index contributed by atoms with van der Waals surface area (Å²) in [6.07, 6.45) is 3.11. The Morgan fingerprint density at radius 2 is 1.78 bits per heavy atom. The first kappa shape index (κ1) is 6.74. The van der Waals surface area contributed by atoms with E-state index in [1.54, 1.807) is 18.5 Å². The van der Waals surface area contributed by atoms with E-state index >= 15 is 0 Å². The van der Waals surface area contributed by atoms with E-state index in [1.165, 1.54) is 0 Å². The lowest BCUT2D eigenvalue weighted by atomic mass is 10.7. The Kier molecular flexibility index (Phi) is 2.22. The topological polar surface area (TPSA) is 31.7 Å². The molecule has 5 heteroatoms.